The molecule has 1 aliphatic rings. The summed E-state index contributed by atoms with van der Waals surface area (Å²) in [5.41, 5.74) is -1.05. The number of carboxylic acids is 1. The second kappa shape index (κ2) is 11.5. The Balaban J connectivity index is 1.80. The topological polar surface area (TPSA) is 112 Å². The zero-order valence-electron chi connectivity index (χ0n) is 18.8. The lowest BCUT2D eigenvalue weighted by atomic mass is 10.0. The smallest absolute Gasteiger partial charge is 0.416 e. The van der Waals surface area contributed by atoms with Gasteiger partial charge in [-0.1, -0.05) is 30.0 Å². The maximum absolute atomic E-state index is 13.2. The fraction of sp³-hybridized carbons (Fsp3) is 0.227. The molecule has 1 saturated heterocycles. The van der Waals surface area contributed by atoms with E-state index in [4.69, 9.17) is 17.3 Å². The van der Waals surface area contributed by atoms with Crippen LogP contribution in [-0.4, -0.2) is 50.3 Å². The largest absolute Gasteiger partial charge is 0.481 e. The highest BCUT2D eigenvalue weighted by Gasteiger charge is 2.37. The summed E-state index contributed by atoms with van der Waals surface area (Å²) in [6.07, 6.45) is -9.10. The Morgan fingerprint density at radius 2 is 1.71 bits per heavy atom. The van der Waals surface area contributed by atoms with Crippen molar-refractivity contribution in [3.63, 3.8) is 0 Å². The van der Waals surface area contributed by atoms with Gasteiger partial charge in [-0.2, -0.15) is 26.3 Å². The van der Waals surface area contributed by atoms with E-state index in [-0.39, 0.29) is 39.6 Å². The van der Waals surface area contributed by atoms with Crippen LogP contribution in [-0.2, 0) is 26.7 Å². The van der Waals surface area contributed by atoms with Crippen LogP contribution >= 0.6 is 24.0 Å². The Labute approximate surface area is 220 Å². The number of halogens is 6. The molecule has 0 bridgehead atoms. The molecule has 1 aromatic heterocycles. The molecule has 2 heterocycles. The van der Waals surface area contributed by atoms with Crippen LogP contribution in [0.3, 0.4) is 0 Å². The number of alkyl halides is 6. The van der Waals surface area contributed by atoms with Gasteiger partial charge in [-0.3, -0.25) is 14.4 Å². The molecule has 1 aromatic carbocycles. The van der Waals surface area contributed by atoms with Crippen LogP contribution in [0.1, 0.15) is 23.2 Å². The van der Waals surface area contributed by atoms with Crippen molar-refractivity contribution in [2.24, 2.45) is 0 Å². The van der Waals surface area contributed by atoms with Gasteiger partial charge in [0, 0.05) is 12.1 Å². The Morgan fingerprint density at radius 3 is 2.29 bits per heavy atom. The first-order valence-corrected chi connectivity index (χ1v) is 11.6. The van der Waals surface area contributed by atoms with Gasteiger partial charge in [0.1, 0.15) is 0 Å². The third-order valence-corrected chi connectivity index (χ3v) is 6.09. The molecule has 38 heavy (non-hydrogen) atoms. The molecule has 1 aliphatic heterocycles. The highest BCUT2D eigenvalue weighted by atomic mass is 32.2. The fourth-order valence-corrected chi connectivity index (χ4v) is 4.26. The normalized spacial score (nSPS) is 15.3. The van der Waals surface area contributed by atoms with E-state index in [0.717, 1.165) is 16.8 Å². The van der Waals surface area contributed by atoms with E-state index in [1.165, 1.54) is 24.3 Å². The van der Waals surface area contributed by atoms with Crippen LogP contribution in [0.25, 0.3) is 17.3 Å². The average molecular weight is 579 g/mol. The summed E-state index contributed by atoms with van der Waals surface area (Å²) in [7, 11) is 0. The van der Waals surface area contributed by atoms with Crippen LogP contribution in [0.5, 0.6) is 0 Å². The quantitative estimate of drug-likeness (QED) is 0.244. The summed E-state index contributed by atoms with van der Waals surface area (Å²) < 4.78 is 79.3. The van der Waals surface area contributed by atoms with Gasteiger partial charge < -0.3 is 10.4 Å². The molecule has 2 amide bonds. The summed E-state index contributed by atoms with van der Waals surface area (Å²) in [4.78, 5) is 39.1. The van der Waals surface area contributed by atoms with Gasteiger partial charge in [0.05, 0.1) is 40.4 Å². The van der Waals surface area contributed by atoms with E-state index < -0.39 is 53.4 Å². The third kappa shape index (κ3) is 7.52. The molecule has 202 valence electrons. The number of benzene rings is 1. The molecule has 1 fully saturated rings. The summed E-state index contributed by atoms with van der Waals surface area (Å²) in [6, 6.07) is 5.07. The number of carboxylic acid groups (broad SMARTS) is 1. The molecule has 0 aliphatic carbocycles. The van der Waals surface area contributed by atoms with Crippen molar-refractivity contribution in [3.8, 4) is 11.3 Å². The van der Waals surface area contributed by atoms with Gasteiger partial charge >= 0.3 is 18.3 Å². The van der Waals surface area contributed by atoms with Crippen molar-refractivity contribution in [1.29, 1.82) is 0 Å². The van der Waals surface area contributed by atoms with Gasteiger partial charge in [-0.15, -0.1) is 0 Å². The zero-order chi connectivity index (χ0) is 28.3. The highest BCUT2D eigenvalue weighted by Crippen LogP contribution is 2.38. The molecule has 8 nitrogen and oxygen atoms in total. The lowest BCUT2D eigenvalue weighted by molar-refractivity contribution is -0.143. The molecule has 0 spiro atoms. The lowest BCUT2D eigenvalue weighted by Gasteiger charge is -2.15. The number of rotatable bonds is 8. The first-order valence-electron chi connectivity index (χ1n) is 10.4. The van der Waals surface area contributed by atoms with Gasteiger partial charge in [0.15, 0.2) is 4.32 Å². The first-order chi connectivity index (χ1) is 17.6. The van der Waals surface area contributed by atoms with E-state index in [2.05, 4.69) is 15.7 Å². The van der Waals surface area contributed by atoms with E-state index in [0.29, 0.717) is 12.1 Å². The van der Waals surface area contributed by atoms with Crippen LogP contribution in [0.4, 0.5) is 26.3 Å². The number of aromatic nitrogens is 1. The number of nitrogens with zero attached hydrogens (tertiary/aromatic N) is 2. The van der Waals surface area contributed by atoms with Crippen molar-refractivity contribution in [2.75, 3.05) is 13.1 Å². The molecule has 0 atom stereocenters. The molecule has 2 aromatic rings. The van der Waals surface area contributed by atoms with Gasteiger partial charge in [0.25, 0.3) is 5.91 Å². The highest BCUT2D eigenvalue weighted by molar-refractivity contribution is 8.26. The van der Waals surface area contributed by atoms with Crippen LogP contribution in [0, 0.1) is 0 Å². The Morgan fingerprint density at radius 1 is 1.08 bits per heavy atom. The number of thiocarbonyl (C=S) groups is 1. The minimum Gasteiger partial charge on any atom is -0.481 e. The number of carbonyl (C=O) groups excluding carboxylic acids is 2. The minimum atomic E-state index is -5.03. The van der Waals surface area contributed by atoms with E-state index >= 15 is 0 Å². The minimum absolute atomic E-state index is 0.0120. The van der Waals surface area contributed by atoms with Gasteiger partial charge in [0.2, 0.25) is 5.91 Å². The number of hydrogen-bond acceptors (Lipinski definition) is 7. The van der Waals surface area contributed by atoms with Crippen LogP contribution in [0.2, 0.25) is 0 Å². The first kappa shape index (κ1) is 29.1. The van der Waals surface area contributed by atoms with E-state index in [1.54, 1.807) is 0 Å². The van der Waals surface area contributed by atoms with Crippen molar-refractivity contribution in [3.05, 3.63) is 58.1 Å². The third-order valence-electron chi connectivity index (χ3n) is 4.79. The molecule has 0 radical (unpaired) electrons. The fourth-order valence-electron chi connectivity index (χ4n) is 3.06. The van der Waals surface area contributed by atoms with Crippen molar-refractivity contribution >= 4 is 52.2 Å². The summed E-state index contributed by atoms with van der Waals surface area (Å²) in [6.45, 7) is -0.517. The Kier molecular flexibility index (Phi) is 8.79. The molecule has 0 unspecified atom stereocenters. The van der Waals surface area contributed by atoms with Crippen LogP contribution < -0.4 is 10.7 Å². The SMILES string of the molecule is O=C(O)CCNC(=O)CNN1C(=O)/C(=C/c2cccc(-c3cc(C(F)(F)F)cc(C(F)(F)F)c3)n2)SC1=S. The van der Waals surface area contributed by atoms with Crippen molar-refractivity contribution < 1.29 is 45.8 Å². The number of aliphatic carboxylic acids is 1. The number of nitrogens with one attached hydrogen (secondary N) is 2. The summed E-state index contributed by atoms with van der Waals surface area (Å²) >= 11 is 5.93. The van der Waals surface area contributed by atoms with Gasteiger partial charge in [-0.25, -0.2) is 15.4 Å². The molecule has 3 N–H and O–H groups in total. The second-order valence-corrected chi connectivity index (χ2v) is 9.26. The number of amides is 2. The number of hydrazine groups is 1. The van der Waals surface area contributed by atoms with Crippen LogP contribution in [0.15, 0.2) is 41.3 Å². The molecule has 3 rings (SSSR count). The second-order valence-electron chi connectivity index (χ2n) is 7.59. The van der Waals surface area contributed by atoms with Crippen molar-refractivity contribution in [1.82, 2.24) is 20.7 Å². The number of hydrogen-bond donors (Lipinski definition) is 3. The monoisotopic (exact) mass is 578 g/mol. The lowest BCUT2D eigenvalue weighted by Crippen LogP contribution is -2.46. The average Bonchev–Trinajstić information content (AvgIpc) is 3.08. The van der Waals surface area contributed by atoms with Crippen molar-refractivity contribution in [2.45, 2.75) is 18.8 Å². The summed E-state index contributed by atoms with van der Waals surface area (Å²) in [5.74, 6) is -2.38. The number of carbonyl (C=O) groups is 3. The Hall–Kier alpha value is -3.50. The summed E-state index contributed by atoms with van der Waals surface area (Å²) in [5, 5.41) is 11.8. The van der Waals surface area contributed by atoms with E-state index in [9.17, 15) is 40.7 Å². The maximum Gasteiger partial charge on any atom is 0.416 e. The number of pyridine rings is 1. The van der Waals surface area contributed by atoms with Gasteiger partial charge in [-0.05, 0) is 36.4 Å². The molecular formula is C22H16F6N4O4S2. The predicted octanol–water partition coefficient (Wildman–Crippen LogP) is 4.08. The predicted molar refractivity (Wildman–Crippen MR) is 128 cm³/mol. The van der Waals surface area contributed by atoms with E-state index in [1.807, 2.05) is 0 Å². The maximum atomic E-state index is 13.2. The zero-order valence-corrected chi connectivity index (χ0v) is 20.4. The molecular weight excluding hydrogens is 562 g/mol. The molecule has 16 heteroatoms. The molecule has 0 saturated carbocycles. The standard InChI is InChI=1S/C22H16F6N4O4S2/c23-21(24,25)12-6-11(7-13(8-12)22(26,27)28)15-3-1-2-14(31-15)9-16-19(36)32(20(37)38-16)30-10-17(33)29-5-4-18(34)35/h1-3,6-9,30H,4-5,10H2,(H,29,33)(H,34,35)/b16-9-. The number of thioether (sulfide) groups is 1. The Bertz CT molecular complexity index is 1280.